The first-order valence-corrected chi connectivity index (χ1v) is 7.64. The van der Waals surface area contributed by atoms with E-state index in [4.69, 9.17) is 5.11 Å². The van der Waals surface area contributed by atoms with Crippen molar-refractivity contribution in [2.45, 2.75) is 32.1 Å². The number of carbonyl (C=O) groups is 1. The molecule has 1 amide bonds. The second-order valence-corrected chi connectivity index (χ2v) is 5.75. The number of carbonyl (C=O) groups excluding carboxylic acids is 1. The molecule has 102 valence electrons. The van der Waals surface area contributed by atoms with Gasteiger partial charge in [0.15, 0.2) is 0 Å². The molecule has 1 heterocycles. The second kappa shape index (κ2) is 7.32. The molecule has 19 heavy (non-hydrogen) atoms. The van der Waals surface area contributed by atoms with Crippen LogP contribution in [0.15, 0.2) is 11.4 Å². The van der Waals surface area contributed by atoms with Crippen LogP contribution >= 0.6 is 11.3 Å². The Bertz CT molecular complexity index is 478. The van der Waals surface area contributed by atoms with Crippen LogP contribution in [0, 0.1) is 17.8 Å². The molecule has 0 spiro atoms. The molecule has 4 heteroatoms. The lowest BCUT2D eigenvalue weighted by molar-refractivity contribution is 0.0948. The van der Waals surface area contributed by atoms with Gasteiger partial charge in [-0.3, -0.25) is 4.79 Å². The van der Waals surface area contributed by atoms with E-state index in [0.29, 0.717) is 17.9 Å². The number of aliphatic hydroxyl groups is 1. The first-order valence-electron chi connectivity index (χ1n) is 6.76. The van der Waals surface area contributed by atoms with Gasteiger partial charge in [0.1, 0.15) is 0 Å². The third kappa shape index (κ3) is 4.38. The van der Waals surface area contributed by atoms with Gasteiger partial charge in [0.2, 0.25) is 0 Å². The molecule has 0 aromatic carbocycles. The van der Waals surface area contributed by atoms with E-state index in [1.165, 1.54) is 37.0 Å². The number of amides is 1. The van der Waals surface area contributed by atoms with Crippen molar-refractivity contribution in [3.05, 3.63) is 21.9 Å². The summed E-state index contributed by atoms with van der Waals surface area (Å²) >= 11 is 1.47. The molecule has 0 bridgehead atoms. The van der Waals surface area contributed by atoms with Crippen molar-refractivity contribution in [3.8, 4) is 11.8 Å². The van der Waals surface area contributed by atoms with Gasteiger partial charge in [0.05, 0.1) is 17.0 Å². The van der Waals surface area contributed by atoms with E-state index in [9.17, 15) is 4.79 Å². The van der Waals surface area contributed by atoms with Crippen molar-refractivity contribution in [2.24, 2.45) is 5.92 Å². The molecule has 1 aliphatic carbocycles. The molecule has 2 N–H and O–H groups in total. The van der Waals surface area contributed by atoms with Gasteiger partial charge in [-0.15, -0.1) is 11.3 Å². The van der Waals surface area contributed by atoms with E-state index in [2.05, 4.69) is 17.2 Å². The molecule has 0 radical (unpaired) electrons. The Labute approximate surface area is 118 Å². The molecule has 1 aromatic heterocycles. The van der Waals surface area contributed by atoms with E-state index >= 15 is 0 Å². The van der Waals surface area contributed by atoms with Crippen LogP contribution in [0.5, 0.6) is 0 Å². The zero-order valence-corrected chi connectivity index (χ0v) is 11.8. The highest BCUT2D eigenvalue weighted by molar-refractivity contribution is 7.10. The third-order valence-electron chi connectivity index (χ3n) is 3.34. The molecule has 0 aliphatic heterocycles. The molecule has 1 saturated carbocycles. The first kappa shape index (κ1) is 14.1. The summed E-state index contributed by atoms with van der Waals surface area (Å²) in [7, 11) is 0. The topological polar surface area (TPSA) is 49.3 Å². The predicted octanol–water partition coefficient (Wildman–Crippen LogP) is 2.40. The van der Waals surface area contributed by atoms with Crippen molar-refractivity contribution < 1.29 is 9.90 Å². The number of thiophene rings is 1. The minimum atomic E-state index is -0.00152. The standard InChI is InChI=1S/C15H19NO2S/c17-8-4-3-7-14-9-13(11-19-14)15(18)16-10-12-5-1-2-6-12/h9,11-12,17H,1-2,4-6,8,10H2,(H,16,18). The van der Waals surface area contributed by atoms with Gasteiger partial charge < -0.3 is 10.4 Å². The molecule has 1 aliphatic rings. The van der Waals surface area contributed by atoms with Gasteiger partial charge in [0, 0.05) is 18.3 Å². The zero-order valence-electron chi connectivity index (χ0n) is 10.9. The highest BCUT2D eigenvalue weighted by Crippen LogP contribution is 2.23. The summed E-state index contributed by atoms with van der Waals surface area (Å²) in [6, 6.07) is 1.82. The van der Waals surface area contributed by atoms with Gasteiger partial charge in [0.25, 0.3) is 5.91 Å². The van der Waals surface area contributed by atoms with E-state index in [0.717, 1.165) is 11.4 Å². The lowest BCUT2D eigenvalue weighted by Crippen LogP contribution is -2.27. The van der Waals surface area contributed by atoms with Gasteiger partial charge in [-0.2, -0.15) is 0 Å². The maximum Gasteiger partial charge on any atom is 0.252 e. The second-order valence-electron chi connectivity index (χ2n) is 4.84. The van der Waals surface area contributed by atoms with Crippen LogP contribution in [-0.4, -0.2) is 24.2 Å². The highest BCUT2D eigenvalue weighted by atomic mass is 32.1. The van der Waals surface area contributed by atoms with Gasteiger partial charge in [-0.05, 0) is 24.8 Å². The normalized spacial score (nSPS) is 15.0. The first-order chi connectivity index (χ1) is 9.29. The summed E-state index contributed by atoms with van der Waals surface area (Å²) in [6.45, 7) is 0.868. The lowest BCUT2D eigenvalue weighted by Gasteiger charge is -2.09. The maximum absolute atomic E-state index is 12.0. The van der Waals surface area contributed by atoms with Crippen molar-refractivity contribution in [1.29, 1.82) is 0 Å². The molecule has 2 rings (SSSR count). The average molecular weight is 277 g/mol. The van der Waals surface area contributed by atoms with Crippen LogP contribution < -0.4 is 5.32 Å². The lowest BCUT2D eigenvalue weighted by atomic mass is 10.1. The minimum absolute atomic E-state index is 0.00152. The predicted molar refractivity (Wildman–Crippen MR) is 77.2 cm³/mol. The van der Waals surface area contributed by atoms with Crippen LogP contribution in [0.1, 0.15) is 47.3 Å². The fourth-order valence-corrected chi connectivity index (χ4v) is 3.04. The summed E-state index contributed by atoms with van der Waals surface area (Å²) in [6.07, 6.45) is 5.54. The molecule has 1 fully saturated rings. The van der Waals surface area contributed by atoms with Crippen molar-refractivity contribution in [3.63, 3.8) is 0 Å². The Kier molecular flexibility index (Phi) is 5.44. The molecule has 1 aromatic rings. The SMILES string of the molecule is O=C(NCC1CCCC1)c1csc(C#CCCO)c1. The minimum Gasteiger partial charge on any atom is -0.395 e. The van der Waals surface area contributed by atoms with Crippen molar-refractivity contribution >= 4 is 17.2 Å². The molecule has 0 saturated heterocycles. The van der Waals surface area contributed by atoms with Crippen LogP contribution in [0.25, 0.3) is 0 Å². The van der Waals surface area contributed by atoms with E-state index in [1.54, 1.807) is 0 Å². The maximum atomic E-state index is 12.0. The molecular weight excluding hydrogens is 258 g/mol. The largest absolute Gasteiger partial charge is 0.395 e. The number of hydrogen-bond donors (Lipinski definition) is 2. The van der Waals surface area contributed by atoms with E-state index in [1.807, 2.05) is 11.4 Å². The Balaban J connectivity index is 1.83. The van der Waals surface area contributed by atoms with E-state index < -0.39 is 0 Å². The summed E-state index contributed by atoms with van der Waals surface area (Å²) in [4.78, 5) is 12.8. The Hall–Kier alpha value is -1.31. The fraction of sp³-hybridized carbons (Fsp3) is 0.533. The fourth-order valence-electron chi connectivity index (χ4n) is 2.28. The molecule has 3 nitrogen and oxygen atoms in total. The molecular formula is C15H19NO2S. The Morgan fingerprint density at radius 3 is 3.00 bits per heavy atom. The third-order valence-corrected chi connectivity index (χ3v) is 4.18. The van der Waals surface area contributed by atoms with Gasteiger partial charge in [-0.25, -0.2) is 0 Å². The Morgan fingerprint density at radius 1 is 1.47 bits per heavy atom. The van der Waals surface area contributed by atoms with Crippen molar-refractivity contribution in [2.75, 3.05) is 13.2 Å². The van der Waals surface area contributed by atoms with Crippen LogP contribution in [0.2, 0.25) is 0 Å². The Morgan fingerprint density at radius 2 is 2.26 bits per heavy atom. The molecule has 0 unspecified atom stereocenters. The monoisotopic (exact) mass is 277 g/mol. The summed E-state index contributed by atoms with van der Waals surface area (Å²) in [5, 5.41) is 13.5. The zero-order chi connectivity index (χ0) is 13.5. The number of rotatable bonds is 4. The van der Waals surface area contributed by atoms with E-state index in [-0.39, 0.29) is 12.5 Å². The van der Waals surface area contributed by atoms with Crippen molar-refractivity contribution in [1.82, 2.24) is 5.32 Å². The van der Waals surface area contributed by atoms with Gasteiger partial charge in [-0.1, -0.05) is 24.7 Å². The summed E-state index contributed by atoms with van der Waals surface area (Å²) in [5.41, 5.74) is 0.691. The van der Waals surface area contributed by atoms with Gasteiger partial charge >= 0.3 is 0 Å². The summed E-state index contributed by atoms with van der Waals surface area (Å²) in [5.74, 6) is 6.46. The van der Waals surface area contributed by atoms with Crippen LogP contribution in [-0.2, 0) is 0 Å². The van der Waals surface area contributed by atoms with Crippen LogP contribution in [0.4, 0.5) is 0 Å². The number of hydrogen-bond acceptors (Lipinski definition) is 3. The quantitative estimate of drug-likeness (QED) is 0.830. The highest BCUT2D eigenvalue weighted by Gasteiger charge is 2.16. The number of aliphatic hydroxyl groups excluding tert-OH is 1. The smallest absolute Gasteiger partial charge is 0.252 e. The molecule has 0 atom stereocenters. The summed E-state index contributed by atoms with van der Waals surface area (Å²) < 4.78 is 0. The van der Waals surface area contributed by atoms with Crippen LogP contribution in [0.3, 0.4) is 0 Å². The number of nitrogens with one attached hydrogen (secondary N) is 1. The average Bonchev–Trinajstić information content (AvgIpc) is 3.07.